The molecule has 2 aromatic rings. The highest BCUT2D eigenvalue weighted by Crippen LogP contribution is 2.39. The molecular weight excluding hydrogens is 352 g/mol. The number of ether oxygens (including phenoxy) is 4. The summed E-state index contributed by atoms with van der Waals surface area (Å²) in [6, 6.07) is 10.3. The fourth-order valence-electron chi connectivity index (χ4n) is 2.81. The second kappa shape index (κ2) is 9.68. The molecule has 2 N–H and O–H groups in total. The van der Waals surface area contributed by atoms with Crippen LogP contribution in [0.15, 0.2) is 36.4 Å². The van der Waals surface area contributed by atoms with Gasteiger partial charge in [0.1, 0.15) is 11.5 Å². The standard InChI is InChI=1S/C20H24O7/c1-24-17-9-10-18(25-2)20(26-3)15(17)7-8-16(21)13-5-4-6-14(11-13)27-12-19(22)23/h4-6,9-11,16,21H,7-8,12H2,1-3H3,(H,22,23)/t16-/m1/s1. The first-order chi connectivity index (χ1) is 13.0. The lowest BCUT2D eigenvalue weighted by Crippen LogP contribution is -2.09. The summed E-state index contributed by atoms with van der Waals surface area (Å²) in [6.07, 6.45) is 0.131. The van der Waals surface area contributed by atoms with E-state index in [2.05, 4.69) is 0 Å². The number of carboxylic acid groups (broad SMARTS) is 1. The molecule has 0 unspecified atom stereocenters. The molecule has 0 amide bonds. The van der Waals surface area contributed by atoms with Crippen LogP contribution in [0.3, 0.4) is 0 Å². The van der Waals surface area contributed by atoms with Gasteiger partial charge in [-0.15, -0.1) is 0 Å². The Labute approximate surface area is 158 Å². The highest BCUT2D eigenvalue weighted by atomic mass is 16.5. The van der Waals surface area contributed by atoms with Crippen LogP contribution < -0.4 is 18.9 Å². The zero-order chi connectivity index (χ0) is 19.8. The average molecular weight is 376 g/mol. The summed E-state index contributed by atoms with van der Waals surface area (Å²) in [5.41, 5.74) is 1.44. The van der Waals surface area contributed by atoms with Crippen molar-refractivity contribution in [3.63, 3.8) is 0 Å². The lowest BCUT2D eigenvalue weighted by atomic mass is 9.99. The minimum absolute atomic E-state index is 0.394. The summed E-state index contributed by atoms with van der Waals surface area (Å²) in [7, 11) is 4.69. The second-order valence-corrected chi connectivity index (χ2v) is 5.79. The molecule has 0 spiro atoms. The Hall–Kier alpha value is -2.93. The minimum atomic E-state index is -1.06. The van der Waals surface area contributed by atoms with Crippen molar-refractivity contribution >= 4 is 5.97 Å². The fourth-order valence-corrected chi connectivity index (χ4v) is 2.81. The van der Waals surface area contributed by atoms with Crippen molar-refractivity contribution in [3.8, 4) is 23.0 Å². The van der Waals surface area contributed by atoms with Crippen LogP contribution in [0.5, 0.6) is 23.0 Å². The van der Waals surface area contributed by atoms with Crippen LogP contribution in [0.25, 0.3) is 0 Å². The van der Waals surface area contributed by atoms with Crippen LogP contribution in [0.2, 0.25) is 0 Å². The molecule has 0 aliphatic heterocycles. The van der Waals surface area contributed by atoms with Gasteiger partial charge in [0.05, 0.1) is 27.4 Å². The van der Waals surface area contributed by atoms with Crippen molar-refractivity contribution < 1.29 is 34.0 Å². The molecule has 2 rings (SSSR count). The lowest BCUT2D eigenvalue weighted by Gasteiger charge is -2.18. The van der Waals surface area contributed by atoms with E-state index < -0.39 is 18.7 Å². The monoisotopic (exact) mass is 376 g/mol. The zero-order valence-electron chi connectivity index (χ0n) is 15.6. The van der Waals surface area contributed by atoms with Crippen LogP contribution in [0, 0.1) is 0 Å². The first kappa shape index (κ1) is 20.4. The molecule has 146 valence electrons. The van der Waals surface area contributed by atoms with E-state index in [9.17, 15) is 9.90 Å². The highest BCUT2D eigenvalue weighted by molar-refractivity contribution is 5.68. The van der Waals surface area contributed by atoms with Crippen LogP contribution >= 0.6 is 0 Å². The maximum absolute atomic E-state index is 10.6. The maximum Gasteiger partial charge on any atom is 0.341 e. The molecule has 0 saturated carbocycles. The predicted octanol–water partition coefficient (Wildman–Crippen LogP) is 2.84. The Morgan fingerprint density at radius 3 is 2.37 bits per heavy atom. The Morgan fingerprint density at radius 1 is 1.04 bits per heavy atom. The molecule has 0 fully saturated rings. The number of hydrogen-bond donors (Lipinski definition) is 2. The van der Waals surface area contributed by atoms with Crippen molar-refractivity contribution in [2.45, 2.75) is 18.9 Å². The Morgan fingerprint density at radius 2 is 1.74 bits per heavy atom. The molecule has 0 aliphatic carbocycles. The van der Waals surface area contributed by atoms with E-state index >= 15 is 0 Å². The van der Waals surface area contributed by atoms with Gasteiger partial charge in [-0.2, -0.15) is 0 Å². The number of rotatable bonds is 10. The minimum Gasteiger partial charge on any atom is -0.496 e. The molecule has 2 aromatic carbocycles. The van der Waals surface area contributed by atoms with Gasteiger partial charge in [-0.25, -0.2) is 4.79 Å². The number of aliphatic hydroxyl groups is 1. The molecule has 1 atom stereocenters. The van der Waals surface area contributed by atoms with Crippen LogP contribution in [0.4, 0.5) is 0 Å². The molecular formula is C20H24O7. The van der Waals surface area contributed by atoms with Crippen molar-refractivity contribution in [1.29, 1.82) is 0 Å². The Kier molecular flexibility index (Phi) is 7.31. The number of carbonyl (C=O) groups is 1. The zero-order valence-corrected chi connectivity index (χ0v) is 15.6. The van der Waals surface area contributed by atoms with Crippen molar-refractivity contribution in [3.05, 3.63) is 47.5 Å². The summed E-state index contributed by atoms with van der Waals surface area (Å²) >= 11 is 0. The Bertz CT molecular complexity index is 773. The molecule has 0 saturated heterocycles. The number of aliphatic carboxylic acids is 1. The first-order valence-corrected chi connectivity index (χ1v) is 8.40. The quantitative estimate of drug-likeness (QED) is 0.658. The molecule has 7 nitrogen and oxygen atoms in total. The summed E-state index contributed by atoms with van der Waals surface area (Å²) in [5.74, 6) is 1.15. The van der Waals surface area contributed by atoms with Gasteiger partial charge in [0.15, 0.2) is 18.1 Å². The topological polar surface area (TPSA) is 94.5 Å². The van der Waals surface area contributed by atoms with Gasteiger partial charge in [0, 0.05) is 5.56 Å². The van der Waals surface area contributed by atoms with E-state index in [1.54, 1.807) is 57.7 Å². The third kappa shape index (κ3) is 5.27. The van der Waals surface area contributed by atoms with Crippen molar-refractivity contribution in [2.24, 2.45) is 0 Å². The smallest absolute Gasteiger partial charge is 0.341 e. The maximum atomic E-state index is 10.6. The number of hydrogen-bond acceptors (Lipinski definition) is 6. The molecule has 0 bridgehead atoms. The molecule has 7 heteroatoms. The van der Waals surface area contributed by atoms with Gasteiger partial charge in [0.25, 0.3) is 0 Å². The van der Waals surface area contributed by atoms with Gasteiger partial charge < -0.3 is 29.2 Å². The first-order valence-electron chi connectivity index (χ1n) is 8.40. The second-order valence-electron chi connectivity index (χ2n) is 5.79. The number of methoxy groups -OCH3 is 3. The lowest BCUT2D eigenvalue weighted by molar-refractivity contribution is -0.139. The van der Waals surface area contributed by atoms with Gasteiger partial charge in [0.2, 0.25) is 0 Å². The largest absolute Gasteiger partial charge is 0.496 e. The third-order valence-electron chi connectivity index (χ3n) is 4.10. The van der Waals surface area contributed by atoms with Crippen molar-refractivity contribution in [2.75, 3.05) is 27.9 Å². The van der Waals surface area contributed by atoms with Crippen LogP contribution in [-0.4, -0.2) is 44.1 Å². The van der Waals surface area contributed by atoms with Gasteiger partial charge >= 0.3 is 5.97 Å². The number of carboxylic acids is 1. The normalized spacial score (nSPS) is 11.6. The van der Waals surface area contributed by atoms with E-state index in [4.69, 9.17) is 24.1 Å². The van der Waals surface area contributed by atoms with Crippen molar-refractivity contribution in [1.82, 2.24) is 0 Å². The summed E-state index contributed by atoms with van der Waals surface area (Å²) in [6.45, 7) is -0.433. The van der Waals surface area contributed by atoms with Gasteiger partial charge in [-0.1, -0.05) is 12.1 Å². The SMILES string of the molecule is COc1ccc(OC)c(OC)c1CC[C@@H](O)c1cccc(OCC(=O)O)c1. The Balaban J connectivity index is 2.14. The number of benzene rings is 2. The highest BCUT2D eigenvalue weighted by Gasteiger charge is 2.18. The summed E-state index contributed by atoms with van der Waals surface area (Å²) < 4.78 is 21.3. The van der Waals surface area contributed by atoms with E-state index in [0.717, 1.165) is 5.56 Å². The molecule has 0 aromatic heterocycles. The molecule has 0 aliphatic rings. The van der Waals surface area contributed by atoms with E-state index in [1.165, 1.54) is 0 Å². The van der Waals surface area contributed by atoms with E-state index in [1.807, 2.05) is 0 Å². The van der Waals surface area contributed by atoms with Crippen LogP contribution in [0.1, 0.15) is 23.7 Å². The third-order valence-corrected chi connectivity index (χ3v) is 4.10. The van der Waals surface area contributed by atoms with E-state index in [-0.39, 0.29) is 0 Å². The predicted molar refractivity (Wildman–Crippen MR) is 99.0 cm³/mol. The van der Waals surface area contributed by atoms with Crippen LogP contribution in [-0.2, 0) is 11.2 Å². The average Bonchev–Trinajstić information content (AvgIpc) is 2.69. The van der Waals surface area contributed by atoms with E-state index in [0.29, 0.717) is 41.4 Å². The van der Waals surface area contributed by atoms with Gasteiger partial charge in [-0.3, -0.25) is 0 Å². The summed E-state index contributed by atoms with van der Waals surface area (Å²) in [4.78, 5) is 10.6. The number of aliphatic hydroxyl groups excluding tert-OH is 1. The molecule has 27 heavy (non-hydrogen) atoms. The molecule has 0 radical (unpaired) electrons. The fraction of sp³-hybridized carbons (Fsp3) is 0.350. The summed E-state index contributed by atoms with van der Waals surface area (Å²) in [5, 5.41) is 19.2. The van der Waals surface area contributed by atoms with Gasteiger partial charge in [-0.05, 0) is 42.7 Å². The molecule has 0 heterocycles.